The van der Waals surface area contributed by atoms with Crippen LogP contribution >= 0.6 is 0 Å². The molecule has 0 bridgehead atoms. The van der Waals surface area contributed by atoms with E-state index in [-0.39, 0.29) is 11.7 Å². The molecule has 6 nitrogen and oxygen atoms in total. The molecule has 6 heteroatoms. The number of aromatic nitrogens is 3. The van der Waals surface area contributed by atoms with Crippen molar-refractivity contribution in [2.75, 3.05) is 5.32 Å². The van der Waals surface area contributed by atoms with Gasteiger partial charge in [-0.05, 0) is 37.8 Å². The maximum absolute atomic E-state index is 12.9. The first-order valence-electron chi connectivity index (χ1n) is 9.17. The Balaban J connectivity index is 1.60. The number of fused-ring (bicyclic) bond motifs is 1. The lowest BCUT2D eigenvalue weighted by molar-refractivity contribution is 0.0971. The second kappa shape index (κ2) is 6.87. The molecule has 27 heavy (non-hydrogen) atoms. The van der Waals surface area contributed by atoms with Crippen LogP contribution in [0.4, 0.5) is 5.82 Å². The number of Topliss-reactive ketones (excluding diaryl/α,β-unsaturated/α-hetero) is 1. The Morgan fingerprint density at radius 2 is 2.00 bits per heavy atom. The first kappa shape index (κ1) is 17.3. The molecule has 0 atom stereocenters. The number of carbonyl (C=O) groups is 2. The van der Waals surface area contributed by atoms with Gasteiger partial charge in [0.25, 0.3) is 5.91 Å². The molecule has 1 aliphatic rings. The normalized spacial score (nSPS) is 13.5. The van der Waals surface area contributed by atoms with E-state index in [1.807, 2.05) is 50.2 Å². The summed E-state index contributed by atoms with van der Waals surface area (Å²) in [6.07, 6.45) is 2.19. The summed E-state index contributed by atoms with van der Waals surface area (Å²) in [6, 6.07) is 11.8. The smallest absolute Gasteiger partial charge is 0.273 e. The SMILES string of the molecule is Cc1cc(NC(=O)c2[nH]c3c(c2C)C(=O)CCC3)n(Cc2ccccc2)n1. The van der Waals surface area contributed by atoms with Crippen molar-refractivity contribution in [1.82, 2.24) is 14.8 Å². The number of anilines is 1. The highest BCUT2D eigenvalue weighted by Crippen LogP contribution is 2.27. The van der Waals surface area contributed by atoms with Crippen LogP contribution in [0.3, 0.4) is 0 Å². The maximum atomic E-state index is 12.9. The van der Waals surface area contributed by atoms with Gasteiger partial charge in [-0.3, -0.25) is 9.59 Å². The molecule has 2 aromatic heterocycles. The van der Waals surface area contributed by atoms with Crippen LogP contribution in [0.2, 0.25) is 0 Å². The van der Waals surface area contributed by atoms with Gasteiger partial charge in [0.05, 0.1) is 12.2 Å². The molecule has 2 N–H and O–H groups in total. The highest BCUT2D eigenvalue weighted by molar-refractivity contribution is 6.08. The van der Waals surface area contributed by atoms with Gasteiger partial charge in [-0.2, -0.15) is 5.10 Å². The number of nitrogens with one attached hydrogen (secondary N) is 2. The molecule has 138 valence electrons. The van der Waals surface area contributed by atoms with Crippen LogP contribution < -0.4 is 5.32 Å². The lowest BCUT2D eigenvalue weighted by atomic mass is 9.94. The molecule has 1 amide bonds. The predicted molar refractivity (Wildman–Crippen MR) is 103 cm³/mol. The molecule has 0 saturated carbocycles. The van der Waals surface area contributed by atoms with Gasteiger partial charge in [-0.25, -0.2) is 4.68 Å². The van der Waals surface area contributed by atoms with Gasteiger partial charge in [0, 0.05) is 23.7 Å². The number of hydrogen-bond donors (Lipinski definition) is 2. The minimum absolute atomic E-state index is 0.119. The third-order valence-electron chi connectivity index (χ3n) is 4.98. The molecule has 4 rings (SSSR count). The summed E-state index contributed by atoms with van der Waals surface area (Å²) >= 11 is 0. The molecule has 0 spiro atoms. The summed E-state index contributed by atoms with van der Waals surface area (Å²) in [4.78, 5) is 28.2. The Labute approximate surface area is 157 Å². The highest BCUT2D eigenvalue weighted by Gasteiger charge is 2.26. The number of nitrogens with zero attached hydrogens (tertiary/aromatic N) is 2. The number of rotatable bonds is 4. The van der Waals surface area contributed by atoms with Gasteiger partial charge in [0.15, 0.2) is 5.78 Å². The molecular formula is C21H22N4O2. The second-order valence-electron chi connectivity index (χ2n) is 7.02. The average molecular weight is 362 g/mol. The molecule has 0 saturated heterocycles. The van der Waals surface area contributed by atoms with Crippen LogP contribution in [0.5, 0.6) is 0 Å². The first-order valence-corrected chi connectivity index (χ1v) is 9.17. The Morgan fingerprint density at radius 3 is 2.74 bits per heavy atom. The van der Waals surface area contributed by atoms with Crippen molar-refractivity contribution in [2.24, 2.45) is 0 Å². The number of ketones is 1. The van der Waals surface area contributed by atoms with Crippen LogP contribution in [0.25, 0.3) is 0 Å². The Kier molecular flexibility index (Phi) is 4.39. The monoisotopic (exact) mass is 362 g/mol. The first-order chi connectivity index (χ1) is 13.0. The Morgan fingerprint density at radius 1 is 1.22 bits per heavy atom. The van der Waals surface area contributed by atoms with E-state index in [4.69, 9.17) is 0 Å². The molecule has 0 aliphatic heterocycles. The second-order valence-corrected chi connectivity index (χ2v) is 7.02. The summed E-state index contributed by atoms with van der Waals surface area (Å²) in [5, 5.41) is 7.44. The fourth-order valence-corrected chi connectivity index (χ4v) is 3.70. The zero-order valence-corrected chi connectivity index (χ0v) is 15.5. The minimum Gasteiger partial charge on any atom is -0.354 e. The van der Waals surface area contributed by atoms with E-state index in [1.165, 1.54) is 0 Å². The lowest BCUT2D eigenvalue weighted by Crippen LogP contribution is -2.17. The zero-order valence-electron chi connectivity index (χ0n) is 15.5. The summed E-state index contributed by atoms with van der Waals surface area (Å²) in [6.45, 7) is 4.30. The number of H-pyrrole nitrogens is 1. The summed E-state index contributed by atoms with van der Waals surface area (Å²) in [7, 11) is 0. The van der Waals surface area contributed by atoms with Gasteiger partial charge >= 0.3 is 0 Å². The van der Waals surface area contributed by atoms with Crippen molar-refractivity contribution >= 4 is 17.5 Å². The fraction of sp³-hybridized carbons (Fsp3) is 0.286. The van der Waals surface area contributed by atoms with Crippen LogP contribution in [0.1, 0.15) is 56.2 Å². The number of amides is 1. The largest absolute Gasteiger partial charge is 0.354 e. The molecule has 2 heterocycles. The maximum Gasteiger partial charge on any atom is 0.273 e. The van der Waals surface area contributed by atoms with E-state index < -0.39 is 0 Å². The van der Waals surface area contributed by atoms with Gasteiger partial charge < -0.3 is 10.3 Å². The van der Waals surface area contributed by atoms with E-state index in [0.717, 1.165) is 35.4 Å². The molecule has 0 fully saturated rings. The zero-order chi connectivity index (χ0) is 19.0. The lowest BCUT2D eigenvalue weighted by Gasteiger charge is -2.09. The van der Waals surface area contributed by atoms with E-state index in [1.54, 1.807) is 4.68 Å². The van der Waals surface area contributed by atoms with Gasteiger partial charge in [-0.1, -0.05) is 30.3 Å². The van der Waals surface area contributed by atoms with Gasteiger partial charge in [0.2, 0.25) is 0 Å². The van der Waals surface area contributed by atoms with E-state index >= 15 is 0 Å². The van der Waals surface area contributed by atoms with Crippen molar-refractivity contribution in [1.29, 1.82) is 0 Å². The summed E-state index contributed by atoms with van der Waals surface area (Å²) in [5.41, 5.74) is 4.70. The van der Waals surface area contributed by atoms with Gasteiger partial charge in [-0.15, -0.1) is 0 Å². The Bertz CT molecular complexity index is 1010. The summed E-state index contributed by atoms with van der Waals surface area (Å²) < 4.78 is 1.78. The van der Waals surface area contributed by atoms with Crippen LogP contribution in [-0.2, 0) is 13.0 Å². The van der Waals surface area contributed by atoms with Crippen molar-refractivity contribution in [3.63, 3.8) is 0 Å². The molecule has 0 unspecified atom stereocenters. The van der Waals surface area contributed by atoms with Crippen LogP contribution in [-0.4, -0.2) is 26.5 Å². The number of carbonyl (C=O) groups excluding carboxylic acids is 2. The van der Waals surface area contributed by atoms with Gasteiger partial charge in [0.1, 0.15) is 11.5 Å². The van der Waals surface area contributed by atoms with Crippen LogP contribution in [0.15, 0.2) is 36.4 Å². The number of aryl methyl sites for hydroxylation is 2. The number of aromatic amines is 1. The van der Waals surface area contributed by atoms with Crippen molar-refractivity contribution < 1.29 is 9.59 Å². The molecule has 0 radical (unpaired) electrons. The van der Waals surface area contributed by atoms with Crippen molar-refractivity contribution in [3.05, 3.63) is 70.2 Å². The van der Waals surface area contributed by atoms with E-state index in [2.05, 4.69) is 15.4 Å². The van der Waals surface area contributed by atoms with E-state index in [0.29, 0.717) is 30.0 Å². The molecule has 3 aromatic rings. The molecule has 1 aromatic carbocycles. The fourth-order valence-electron chi connectivity index (χ4n) is 3.70. The predicted octanol–water partition coefficient (Wildman–Crippen LogP) is 3.65. The molecule has 1 aliphatic carbocycles. The van der Waals surface area contributed by atoms with Crippen molar-refractivity contribution in [2.45, 2.75) is 39.7 Å². The summed E-state index contributed by atoms with van der Waals surface area (Å²) in [5.74, 6) is 0.512. The minimum atomic E-state index is -0.246. The number of hydrogen-bond acceptors (Lipinski definition) is 3. The topological polar surface area (TPSA) is 79.8 Å². The van der Waals surface area contributed by atoms with Crippen LogP contribution in [0, 0.1) is 13.8 Å². The highest BCUT2D eigenvalue weighted by atomic mass is 16.2. The molecular weight excluding hydrogens is 340 g/mol. The van der Waals surface area contributed by atoms with E-state index in [9.17, 15) is 9.59 Å². The third-order valence-corrected chi connectivity index (χ3v) is 4.98. The van der Waals surface area contributed by atoms with Crippen molar-refractivity contribution in [3.8, 4) is 0 Å². The average Bonchev–Trinajstić information content (AvgIpc) is 3.16. The Hall–Kier alpha value is -3.15. The standard InChI is InChI=1S/C21H22N4O2/c1-13-11-18(25(24-13)12-15-7-4-3-5-8-15)23-21(27)20-14(2)19-16(22-20)9-6-10-17(19)26/h3-5,7-8,11,22H,6,9-10,12H2,1-2H3,(H,23,27). The number of benzene rings is 1. The third kappa shape index (κ3) is 3.30. The quantitative estimate of drug-likeness (QED) is 0.743.